The first-order valence-corrected chi connectivity index (χ1v) is 9.45. The number of nitrogens with zero attached hydrogens (tertiary/aromatic N) is 3. The van der Waals surface area contributed by atoms with Crippen LogP contribution in [0, 0.1) is 5.92 Å². The molecular formula is C21H28N4O2. The molecule has 0 unspecified atom stereocenters. The molecule has 0 radical (unpaired) electrons. The number of anilines is 2. The van der Waals surface area contributed by atoms with Crippen LogP contribution in [-0.2, 0) is 0 Å². The number of nitrogens with one attached hydrogen (secondary N) is 1. The Morgan fingerprint density at radius 3 is 2.63 bits per heavy atom. The molecule has 1 aromatic heterocycles. The van der Waals surface area contributed by atoms with Crippen LogP contribution in [0.4, 0.5) is 11.4 Å². The Morgan fingerprint density at radius 1 is 1.19 bits per heavy atom. The molecule has 0 bridgehead atoms. The highest BCUT2D eigenvalue weighted by atomic mass is 16.5. The highest BCUT2D eigenvalue weighted by Crippen LogP contribution is 2.28. The third-order valence-corrected chi connectivity index (χ3v) is 4.69. The second-order valence-electron chi connectivity index (χ2n) is 7.16. The summed E-state index contributed by atoms with van der Waals surface area (Å²) in [5.41, 5.74) is 2.51. The minimum Gasteiger partial charge on any atom is -0.495 e. The van der Waals surface area contributed by atoms with Gasteiger partial charge in [0.15, 0.2) is 0 Å². The zero-order valence-electron chi connectivity index (χ0n) is 16.3. The number of hydrogen-bond donors (Lipinski definition) is 1. The highest BCUT2D eigenvalue weighted by Gasteiger charge is 2.24. The Morgan fingerprint density at radius 2 is 1.93 bits per heavy atom. The number of pyridine rings is 1. The van der Waals surface area contributed by atoms with Crippen molar-refractivity contribution in [1.82, 2.24) is 9.88 Å². The van der Waals surface area contributed by atoms with Crippen LogP contribution >= 0.6 is 0 Å². The van der Waals surface area contributed by atoms with Gasteiger partial charge in [0.05, 0.1) is 12.8 Å². The highest BCUT2D eigenvalue weighted by molar-refractivity contribution is 5.93. The van der Waals surface area contributed by atoms with Crippen LogP contribution in [0.2, 0.25) is 0 Å². The molecule has 1 fully saturated rings. The van der Waals surface area contributed by atoms with Crippen molar-refractivity contribution in [2.45, 2.75) is 13.8 Å². The minimum absolute atomic E-state index is 0.0112. The molecule has 6 heteroatoms. The number of piperazine rings is 1. The number of aromatic nitrogens is 1. The van der Waals surface area contributed by atoms with Crippen molar-refractivity contribution >= 4 is 17.3 Å². The molecule has 6 nitrogen and oxygen atoms in total. The van der Waals surface area contributed by atoms with Gasteiger partial charge in [0.1, 0.15) is 11.4 Å². The van der Waals surface area contributed by atoms with Crippen molar-refractivity contribution in [3.05, 3.63) is 48.3 Å². The lowest BCUT2D eigenvalue weighted by atomic mass is 10.2. The molecule has 0 saturated carbocycles. The van der Waals surface area contributed by atoms with Crippen LogP contribution < -0.4 is 15.0 Å². The van der Waals surface area contributed by atoms with E-state index in [4.69, 9.17) is 4.74 Å². The molecule has 1 saturated heterocycles. The lowest BCUT2D eigenvalue weighted by Crippen LogP contribution is -2.49. The molecule has 1 aromatic carbocycles. The van der Waals surface area contributed by atoms with E-state index in [1.54, 1.807) is 13.3 Å². The van der Waals surface area contributed by atoms with Gasteiger partial charge in [-0.15, -0.1) is 0 Å². The van der Waals surface area contributed by atoms with E-state index < -0.39 is 0 Å². The van der Waals surface area contributed by atoms with E-state index in [-0.39, 0.29) is 5.91 Å². The lowest BCUT2D eigenvalue weighted by Gasteiger charge is -2.36. The zero-order valence-corrected chi connectivity index (χ0v) is 16.3. The summed E-state index contributed by atoms with van der Waals surface area (Å²) in [6, 6.07) is 11.7. The van der Waals surface area contributed by atoms with E-state index in [1.807, 2.05) is 35.2 Å². The third kappa shape index (κ3) is 4.70. The van der Waals surface area contributed by atoms with Gasteiger partial charge in [-0.05, 0) is 30.2 Å². The molecule has 1 aliphatic rings. The van der Waals surface area contributed by atoms with E-state index in [1.165, 1.54) is 0 Å². The number of para-hydroxylation sites is 2. The van der Waals surface area contributed by atoms with Crippen LogP contribution in [0.25, 0.3) is 0 Å². The zero-order chi connectivity index (χ0) is 19.2. The van der Waals surface area contributed by atoms with Crippen LogP contribution in [0.1, 0.15) is 24.3 Å². The summed E-state index contributed by atoms with van der Waals surface area (Å²) in [6.07, 6.45) is 1.70. The maximum Gasteiger partial charge on any atom is 0.272 e. The smallest absolute Gasteiger partial charge is 0.272 e. The first-order valence-electron chi connectivity index (χ1n) is 9.45. The summed E-state index contributed by atoms with van der Waals surface area (Å²) in [5.74, 6) is 1.39. The third-order valence-electron chi connectivity index (χ3n) is 4.69. The van der Waals surface area contributed by atoms with Crippen LogP contribution in [0.15, 0.2) is 42.6 Å². The molecule has 1 amide bonds. The first-order chi connectivity index (χ1) is 13.1. The number of amides is 1. The van der Waals surface area contributed by atoms with E-state index in [0.717, 1.165) is 36.8 Å². The number of methoxy groups -OCH3 is 1. The van der Waals surface area contributed by atoms with Crippen molar-refractivity contribution in [1.29, 1.82) is 0 Å². The lowest BCUT2D eigenvalue weighted by molar-refractivity contribution is 0.0741. The molecule has 0 atom stereocenters. The summed E-state index contributed by atoms with van der Waals surface area (Å²) >= 11 is 0. The molecule has 1 N–H and O–H groups in total. The maximum atomic E-state index is 12.8. The van der Waals surface area contributed by atoms with Crippen LogP contribution in [0.3, 0.4) is 0 Å². The van der Waals surface area contributed by atoms with Gasteiger partial charge in [0.25, 0.3) is 5.91 Å². The largest absolute Gasteiger partial charge is 0.495 e. The Kier molecular flexibility index (Phi) is 6.16. The molecular weight excluding hydrogens is 340 g/mol. The summed E-state index contributed by atoms with van der Waals surface area (Å²) in [5, 5.41) is 3.35. The molecule has 27 heavy (non-hydrogen) atoms. The molecule has 2 aromatic rings. The fourth-order valence-electron chi connectivity index (χ4n) is 3.18. The Hall–Kier alpha value is -2.76. The van der Waals surface area contributed by atoms with Gasteiger partial charge in [0.2, 0.25) is 0 Å². The molecule has 0 spiro atoms. The van der Waals surface area contributed by atoms with Gasteiger partial charge in [-0.25, -0.2) is 0 Å². The van der Waals surface area contributed by atoms with Gasteiger partial charge in [-0.1, -0.05) is 26.0 Å². The Balaban J connectivity index is 1.62. The van der Waals surface area contributed by atoms with Crippen molar-refractivity contribution in [3.8, 4) is 5.75 Å². The predicted octanol–water partition coefficient (Wildman–Crippen LogP) is 3.12. The van der Waals surface area contributed by atoms with Crippen molar-refractivity contribution in [3.63, 3.8) is 0 Å². The van der Waals surface area contributed by atoms with Gasteiger partial charge >= 0.3 is 0 Å². The average Bonchev–Trinajstić information content (AvgIpc) is 2.72. The van der Waals surface area contributed by atoms with Crippen molar-refractivity contribution < 1.29 is 9.53 Å². The van der Waals surface area contributed by atoms with Gasteiger partial charge < -0.3 is 19.9 Å². The summed E-state index contributed by atoms with van der Waals surface area (Å²) in [7, 11) is 1.69. The quantitative estimate of drug-likeness (QED) is 0.849. The van der Waals surface area contributed by atoms with Crippen molar-refractivity contribution in [2.75, 3.05) is 50.1 Å². The summed E-state index contributed by atoms with van der Waals surface area (Å²) in [4.78, 5) is 21.3. The first kappa shape index (κ1) is 19.0. The summed E-state index contributed by atoms with van der Waals surface area (Å²) < 4.78 is 5.46. The number of carbonyl (C=O) groups is 1. The number of rotatable bonds is 6. The van der Waals surface area contributed by atoms with E-state index in [2.05, 4.69) is 35.1 Å². The van der Waals surface area contributed by atoms with E-state index in [0.29, 0.717) is 24.7 Å². The number of ether oxygens (including phenoxy) is 1. The Labute approximate surface area is 161 Å². The van der Waals surface area contributed by atoms with Crippen LogP contribution in [0.5, 0.6) is 5.75 Å². The van der Waals surface area contributed by atoms with Gasteiger partial charge in [-0.3, -0.25) is 9.78 Å². The maximum absolute atomic E-state index is 12.8. The molecule has 1 aliphatic heterocycles. The molecule has 2 heterocycles. The molecule has 144 valence electrons. The standard InChI is InChI=1S/C21H28N4O2/c1-16(2)15-23-17-8-9-22-18(14-17)21(26)25-12-10-24(11-13-25)19-6-4-5-7-20(19)27-3/h4-9,14,16H,10-13,15H2,1-3H3,(H,22,23). The second-order valence-corrected chi connectivity index (χ2v) is 7.16. The number of carbonyl (C=O) groups excluding carboxylic acids is 1. The summed E-state index contributed by atoms with van der Waals surface area (Å²) in [6.45, 7) is 8.07. The average molecular weight is 368 g/mol. The topological polar surface area (TPSA) is 57.7 Å². The fraction of sp³-hybridized carbons (Fsp3) is 0.429. The second kappa shape index (κ2) is 8.75. The normalized spacial score (nSPS) is 14.4. The molecule has 3 rings (SSSR count). The predicted molar refractivity (Wildman–Crippen MR) is 109 cm³/mol. The van der Waals surface area contributed by atoms with Gasteiger partial charge in [0, 0.05) is 44.6 Å². The van der Waals surface area contributed by atoms with E-state index in [9.17, 15) is 4.79 Å². The van der Waals surface area contributed by atoms with Crippen molar-refractivity contribution in [2.24, 2.45) is 5.92 Å². The van der Waals surface area contributed by atoms with Crippen LogP contribution in [-0.4, -0.2) is 55.6 Å². The molecule has 0 aliphatic carbocycles. The SMILES string of the molecule is COc1ccccc1N1CCN(C(=O)c2cc(NCC(C)C)ccn2)CC1. The van der Waals surface area contributed by atoms with Gasteiger partial charge in [-0.2, -0.15) is 0 Å². The fourth-order valence-corrected chi connectivity index (χ4v) is 3.18. The number of benzene rings is 1. The number of hydrogen-bond acceptors (Lipinski definition) is 5. The Bertz CT molecular complexity index is 770. The van der Waals surface area contributed by atoms with E-state index >= 15 is 0 Å². The monoisotopic (exact) mass is 368 g/mol. The minimum atomic E-state index is -0.0112.